The number of fused-ring (bicyclic) bond motifs is 1. The fourth-order valence-corrected chi connectivity index (χ4v) is 3.40. The molecule has 94 valence electrons. The fourth-order valence-electron chi connectivity index (χ4n) is 2.13. The Labute approximate surface area is 106 Å². The maximum atomic E-state index is 12.0. The Hall–Kier alpha value is -1.07. The third-order valence-electron chi connectivity index (χ3n) is 2.95. The SMILES string of the molecule is CCOC(=O)c1c(NC)sc2c1CCN(C)C2. The molecule has 1 aliphatic rings. The van der Waals surface area contributed by atoms with Crippen molar-refractivity contribution in [2.75, 3.05) is 32.6 Å². The van der Waals surface area contributed by atoms with Crippen molar-refractivity contribution < 1.29 is 9.53 Å². The summed E-state index contributed by atoms with van der Waals surface area (Å²) in [6.45, 7) is 4.18. The van der Waals surface area contributed by atoms with E-state index in [0.29, 0.717) is 6.61 Å². The van der Waals surface area contributed by atoms with Gasteiger partial charge in [0.15, 0.2) is 0 Å². The molecule has 1 aliphatic heterocycles. The van der Waals surface area contributed by atoms with Gasteiger partial charge in [0.2, 0.25) is 0 Å². The lowest BCUT2D eigenvalue weighted by Gasteiger charge is -2.22. The Balaban J connectivity index is 2.39. The zero-order valence-corrected chi connectivity index (χ0v) is 11.3. The van der Waals surface area contributed by atoms with E-state index < -0.39 is 0 Å². The highest BCUT2D eigenvalue weighted by molar-refractivity contribution is 7.16. The van der Waals surface area contributed by atoms with Crippen LogP contribution in [-0.2, 0) is 17.7 Å². The molecule has 1 aromatic heterocycles. The number of carbonyl (C=O) groups is 1. The molecule has 0 unspecified atom stereocenters. The molecule has 0 saturated heterocycles. The quantitative estimate of drug-likeness (QED) is 0.837. The van der Waals surface area contributed by atoms with Gasteiger partial charge in [0.1, 0.15) is 5.00 Å². The van der Waals surface area contributed by atoms with E-state index in [1.165, 1.54) is 10.4 Å². The van der Waals surface area contributed by atoms with Crippen molar-refractivity contribution in [1.29, 1.82) is 0 Å². The number of rotatable bonds is 3. The summed E-state index contributed by atoms with van der Waals surface area (Å²) in [4.78, 5) is 15.5. The van der Waals surface area contributed by atoms with Gasteiger partial charge in [-0.1, -0.05) is 0 Å². The molecule has 0 bridgehead atoms. The molecule has 0 spiro atoms. The molecule has 0 fully saturated rings. The van der Waals surface area contributed by atoms with Crippen LogP contribution in [0.3, 0.4) is 0 Å². The van der Waals surface area contributed by atoms with Crippen LogP contribution in [0, 0.1) is 0 Å². The summed E-state index contributed by atoms with van der Waals surface area (Å²) in [5.41, 5.74) is 1.93. The molecule has 4 nitrogen and oxygen atoms in total. The molecule has 0 amide bonds. The van der Waals surface area contributed by atoms with Gasteiger partial charge in [-0.2, -0.15) is 0 Å². The fraction of sp³-hybridized carbons (Fsp3) is 0.583. The normalized spacial score (nSPS) is 15.5. The van der Waals surface area contributed by atoms with Crippen LogP contribution < -0.4 is 5.32 Å². The van der Waals surface area contributed by atoms with E-state index in [2.05, 4.69) is 17.3 Å². The lowest BCUT2D eigenvalue weighted by atomic mass is 10.0. The first kappa shape index (κ1) is 12.4. The van der Waals surface area contributed by atoms with Gasteiger partial charge in [-0.15, -0.1) is 11.3 Å². The zero-order chi connectivity index (χ0) is 12.4. The number of nitrogens with zero attached hydrogens (tertiary/aromatic N) is 1. The molecular formula is C12H18N2O2S. The Morgan fingerprint density at radius 2 is 2.35 bits per heavy atom. The number of ether oxygens (including phenoxy) is 1. The lowest BCUT2D eigenvalue weighted by molar-refractivity contribution is 0.0526. The van der Waals surface area contributed by atoms with E-state index in [-0.39, 0.29) is 5.97 Å². The first-order valence-corrected chi connectivity index (χ1v) is 6.67. The van der Waals surface area contributed by atoms with E-state index in [9.17, 15) is 4.79 Å². The molecule has 5 heteroatoms. The molecule has 0 aromatic carbocycles. The summed E-state index contributed by atoms with van der Waals surface area (Å²) >= 11 is 1.67. The molecule has 1 aromatic rings. The van der Waals surface area contributed by atoms with Crippen LogP contribution >= 0.6 is 11.3 Å². The maximum Gasteiger partial charge on any atom is 0.341 e. The van der Waals surface area contributed by atoms with Crippen molar-refractivity contribution in [2.45, 2.75) is 19.9 Å². The predicted molar refractivity (Wildman–Crippen MR) is 69.9 cm³/mol. The molecule has 0 radical (unpaired) electrons. The molecule has 0 saturated carbocycles. The third kappa shape index (κ3) is 2.30. The number of nitrogens with one attached hydrogen (secondary N) is 1. The molecule has 0 atom stereocenters. The van der Waals surface area contributed by atoms with Crippen molar-refractivity contribution >= 4 is 22.3 Å². The van der Waals surface area contributed by atoms with Crippen LogP contribution in [0.2, 0.25) is 0 Å². The molecular weight excluding hydrogens is 236 g/mol. The van der Waals surface area contributed by atoms with E-state index >= 15 is 0 Å². The number of hydrogen-bond acceptors (Lipinski definition) is 5. The van der Waals surface area contributed by atoms with Gasteiger partial charge >= 0.3 is 5.97 Å². The highest BCUT2D eigenvalue weighted by atomic mass is 32.1. The second-order valence-electron chi connectivity index (χ2n) is 4.17. The number of esters is 1. The van der Waals surface area contributed by atoms with E-state index in [0.717, 1.165) is 30.1 Å². The maximum absolute atomic E-state index is 12.0. The van der Waals surface area contributed by atoms with Crippen LogP contribution in [0.25, 0.3) is 0 Å². The highest BCUT2D eigenvalue weighted by Crippen LogP contribution is 2.36. The Morgan fingerprint density at radius 3 is 3.00 bits per heavy atom. The van der Waals surface area contributed by atoms with Gasteiger partial charge in [0.05, 0.1) is 12.2 Å². The van der Waals surface area contributed by atoms with E-state index in [4.69, 9.17) is 4.74 Å². The Bertz CT molecular complexity index is 428. The number of thiophene rings is 1. The lowest BCUT2D eigenvalue weighted by Crippen LogP contribution is -2.26. The second kappa shape index (κ2) is 5.06. The molecule has 2 rings (SSSR count). The number of hydrogen-bond donors (Lipinski definition) is 1. The van der Waals surface area contributed by atoms with E-state index in [1.54, 1.807) is 11.3 Å². The Kier molecular flexibility index (Phi) is 3.69. The minimum atomic E-state index is -0.195. The van der Waals surface area contributed by atoms with Crippen molar-refractivity contribution in [3.05, 3.63) is 16.0 Å². The second-order valence-corrected chi connectivity index (χ2v) is 5.27. The van der Waals surface area contributed by atoms with Crippen LogP contribution in [-0.4, -0.2) is 38.1 Å². The summed E-state index contributed by atoms with van der Waals surface area (Å²) in [6, 6.07) is 0. The average Bonchev–Trinajstić information content (AvgIpc) is 2.66. The summed E-state index contributed by atoms with van der Waals surface area (Å²) in [5, 5.41) is 4.04. The summed E-state index contributed by atoms with van der Waals surface area (Å²) in [7, 11) is 3.95. The first-order chi connectivity index (χ1) is 8.17. The summed E-state index contributed by atoms with van der Waals surface area (Å²) < 4.78 is 5.14. The van der Waals surface area contributed by atoms with Gasteiger partial charge in [0, 0.05) is 25.0 Å². The largest absolute Gasteiger partial charge is 0.462 e. The van der Waals surface area contributed by atoms with Crippen LogP contribution in [0.5, 0.6) is 0 Å². The molecule has 17 heavy (non-hydrogen) atoms. The van der Waals surface area contributed by atoms with Crippen LogP contribution in [0.4, 0.5) is 5.00 Å². The van der Waals surface area contributed by atoms with Gasteiger partial charge in [-0.3, -0.25) is 0 Å². The first-order valence-electron chi connectivity index (χ1n) is 5.85. The summed E-state index contributed by atoms with van der Waals surface area (Å²) in [6.07, 6.45) is 0.929. The molecule has 1 N–H and O–H groups in total. The minimum Gasteiger partial charge on any atom is -0.462 e. The number of anilines is 1. The average molecular weight is 254 g/mol. The zero-order valence-electron chi connectivity index (χ0n) is 10.5. The number of likely N-dealkylation sites (N-methyl/N-ethyl adjacent to an activating group) is 1. The standard InChI is InChI=1S/C12H18N2O2S/c1-4-16-12(15)10-8-5-6-14(3)7-9(8)17-11(10)13-2/h13H,4-7H2,1-3H3. The predicted octanol–water partition coefficient (Wildman–Crippen LogP) is 1.95. The highest BCUT2D eigenvalue weighted by Gasteiger charge is 2.27. The molecule has 2 heterocycles. The van der Waals surface area contributed by atoms with Crippen LogP contribution in [0.1, 0.15) is 27.7 Å². The third-order valence-corrected chi connectivity index (χ3v) is 4.19. The monoisotopic (exact) mass is 254 g/mol. The molecule has 0 aliphatic carbocycles. The van der Waals surface area contributed by atoms with Gasteiger partial charge in [-0.05, 0) is 26.0 Å². The van der Waals surface area contributed by atoms with Crippen molar-refractivity contribution in [3.63, 3.8) is 0 Å². The van der Waals surface area contributed by atoms with Gasteiger partial charge in [0.25, 0.3) is 0 Å². The Morgan fingerprint density at radius 1 is 1.59 bits per heavy atom. The van der Waals surface area contributed by atoms with Crippen molar-refractivity contribution in [2.24, 2.45) is 0 Å². The smallest absolute Gasteiger partial charge is 0.341 e. The number of carbonyl (C=O) groups excluding carboxylic acids is 1. The van der Waals surface area contributed by atoms with Crippen molar-refractivity contribution in [3.8, 4) is 0 Å². The minimum absolute atomic E-state index is 0.195. The van der Waals surface area contributed by atoms with Gasteiger partial charge in [-0.25, -0.2) is 4.79 Å². The van der Waals surface area contributed by atoms with Gasteiger partial charge < -0.3 is 15.0 Å². The van der Waals surface area contributed by atoms with Crippen LogP contribution in [0.15, 0.2) is 0 Å². The topological polar surface area (TPSA) is 41.6 Å². The summed E-state index contributed by atoms with van der Waals surface area (Å²) in [5.74, 6) is -0.195. The van der Waals surface area contributed by atoms with E-state index in [1.807, 2.05) is 14.0 Å². The van der Waals surface area contributed by atoms with Crippen molar-refractivity contribution in [1.82, 2.24) is 4.90 Å².